The van der Waals surface area contributed by atoms with Crippen LogP contribution in [0.2, 0.25) is 0 Å². The zero-order chi connectivity index (χ0) is 20.8. The second kappa shape index (κ2) is 9.73. The highest BCUT2D eigenvalue weighted by atomic mass is 79.9. The van der Waals surface area contributed by atoms with Gasteiger partial charge in [-0.2, -0.15) is 0 Å². The molecule has 3 rings (SSSR count). The SMILES string of the molecule is COc1ccc(CC(=S)Cc2nocc2C(=Nc2ccc(F)c(Br)c2)NO)cc1. The molecule has 9 heteroatoms. The van der Waals surface area contributed by atoms with Crippen molar-refractivity contribution in [1.29, 1.82) is 0 Å². The summed E-state index contributed by atoms with van der Waals surface area (Å²) >= 11 is 8.62. The summed E-state index contributed by atoms with van der Waals surface area (Å²) in [4.78, 5) is 5.04. The Balaban J connectivity index is 1.76. The Morgan fingerprint density at radius 1 is 1.28 bits per heavy atom. The van der Waals surface area contributed by atoms with E-state index in [1.54, 1.807) is 7.11 Å². The molecule has 2 N–H and O–H groups in total. The molecular weight excluding hydrogens is 461 g/mol. The monoisotopic (exact) mass is 477 g/mol. The van der Waals surface area contributed by atoms with E-state index in [1.807, 2.05) is 29.7 Å². The van der Waals surface area contributed by atoms with Crippen LogP contribution in [0.1, 0.15) is 16.8 Å². The van der Waals surface area contributed by atoms with Gasteiger partial charge in [0, 0.05) is 17.7 Å². The van der Waals surface area contributed by atoms with Gasteiger partial charge in [-0.1, -0.05) is 29.5 Å². The third-order valence-electron chi connectivity index (χ3n) is 4.07. The minimum absolute atomic E-state index is 0.118. The highest BCUT2D eigenvalue weighted by molar-refractivity contribution is 9.10. The molecule has 0 aliphatic heterocycles. The van der Waals surface area contributed by atoms with Crippen LogP contribution in [0.4, 0.5) is 10.1 Å². The summed E-state index contributed by atoms with van der Waals surface area (Å²) in [7, 11) is 1.62. The summed E-state index contributed by atoms with van der Waals surface area (Å²) in [5.41, 5.74) is 4.52. The van der Waals surface area contributed by atoms with Crippen LogP contribution >= 0.6 is 28.1 Å². The average Bonchev–Trinajstić information content (AvgIpc) is 3.17. The third kappa shape index (κ3) is 5.47. The fourth-order valence-electron chi connectivity index (χ4n) is 2.63. The Kier molecular flexibility index (Phi) is 7.08. The molecule has 0 spiro atoms. The number of nitrogens with zero attached hydrogens (tertiary/aromatic N) is 2. The maximum absolute atomic E-state index is 13.4. The number of benzene rings is 2. The molecule has 2 aromatic carbocycles. The second-order valence-corrected chi connectivity index (χ2v) is 7.52. The molecule has 0 atom stereocenters. The molecule has 3 aromatic rings. The minimum atomic E-state index is -0.406. The molecule has 29 heavy (non-hydrogen) atoms. The van der Waals surface area contributed by atoms with Gasteiger partial charge < -0.3 is 9.26 Å². The average molecular weight is 478 g/mol. The van der Waals surface area contributed by atoms with Gasteiger partial charge in [-0.3, -0.25) is 10.7 Å². The van der Waals surface area contributed by atoms with E-state index in [4.69, 9.17) is 21.5 Å². The lowest BCUT2D eigenvalue weighted by Crippen LogP contribution is -2.21. The van der Waals surface area contributed by atoms with Crippen LogP contribution in [0.3, 0.4) is 0 Å². The lowest BCUT2D eigenvalue weighted by Gasteiger charge is -2.07. The summed E-state index contributed by atoms with van der Waals surface area (Å²) in [6.07, 6.45) is 2.31. The zero-order valence-corrected chi connectivity index (χ0v) is 17.8. The van der Waals surface area contributed by atoms with Crippen LogP contribution in [0, 0.1) is 5.82 Å². The molecule has 0 aliphatic carbocycles. The van der Waals surface area contributed by atoms with Gasteiger partial charge in [0.15, 0.2) is 5.84 Å². The Morgan fingerprint density at radius 2 is 2.03 bits per heavy atom. The smallest absolute Gasteiger partial charge is 0.162 e. The molecule has 0 bridgehead atoms. The molecule has 0 radical (unpaired) electrons. The zero-order valence-electron chi connectivity index (χ0n) is 15.4. The molecule has 1 heterocycles. The first-order chi connectivity index (χ1) is 14.0. The number of nitrogens with one attached hydrogen (secondary N) is 1. The highest BCUT2D eigenvalue weighted by Crippen LogP contribution is 2.23. The van der Waals surface area contributed by atoms with E-state index in [9.17, 15) is 9.60 Å². The molecule has 0 aliphatic rings. The van der Waals surface area contributed by atoms with Crippen molar-refractivity contribution < 1.29 is 18.9 Å². The van der Waals surface area contributed by atoms with E-state index in [1.165, 1.54) is 24.5 Å². The van der Waals surface area contributed by atoms with Crippen molar-refractivity contribution in [3.63, 3.8) is 0 Å². The number of methoxy groups -OCH3 is 1. The first-order valence-electron chi connectivity index (χ1n) is 8.52. The van der Waals surface area contributed by atoms with Crippen molar-refractivity contribution in [2.75, 3.05) is 7.11 Å². The van der Waals surface area contributed by atoms with Gasteiger partial charge >= 0.3 is 0 Å². The summed E-state index contributed by atoms with van der Waals surface area (Å²) < 4.78 is 23.9. The van der Waals surface area contributed by atoms with E-state index in [0.29, 0.717) is 29.8 Å². The molecule has 1 aromatic heterocycles. The van der Waals surface area contributed by atoms with Gasteiger partial charge in [0.25, 0.3) is 0 Å². The number of rotatable bonds is 7. The number of aliphatic imine (C=N–C) groups is 1. The fraction of sp³-hybridized carbons (Fsp3) is 0.150. The van der Waals surface area contributed by atoms with Crippen LogP contribution in [0.5, 0.6) is 5.75 Å². The fourth-order valence-corrected chi connectivity index (χ4v) is 3.30. The summed E-state index contributed by atoms with van der Waals surface area (Å²) in [5.74, 6) is 0.491. The standard InChI is InChI=1S/C20H17BrFN3O3S/c1-27-14-5-2-12(3-6-14)8-15(29)10-19-16(11-28-25-19)20(24-26)23-13-4-7-18(22)17(21)9-13/h2-7,9,11,26H,8,10H2,1H3,(H,23,24). The number of aromatic nitrogens is 1. The minimum Gasteiger partial charge on any atom is -0.497 e. The Morgan fingerprint density at radius 3 is 2.69 bits per heavy atom. The first kappa shape index (κ1) is 21.1. The maximum atomic E-state index is 13.4. The van der Waals surface area contributed by atoms with Crippen molar-refractivity contribution >= 4 is 44.5 Å². The van der Waals surface area contributed by atoms with Gasteiger partial charge in [0.1, 0.15) is 17.8 Å². The quantitative estimate of drug-likeness (QED) is 0.220. The summed E-state index contributed by atoms with van der Waals surface area (Å²) in [6, 6.07) is 11.9. The van der Waals surface area contributed by atoms with E-state index >= 15 is 0 Å². The van der Waals surface area contributed by atoms with Crippen molar-refractivity contribution in [3.05, 3.63) is 75.8 Å². The van der Waals surface area contributed by atoms with Crippen LogP contribution in [0.25, 0.3) is 0 Å². The largest absolute Gasteiger partial charge is 0.497 e. The molecule has 0 saturated carbocycles. The predicted molar refractivity (Wildman–Crippen MR) is 115 cm³/mol. The molecule has 6 nitrogen and oxygen atoms in total. The van der Waals surface area contributed by atoms with Crippen LogP contribution < -0.4 is 10.2 Å². The van der Waals surface area contributed by atoms with Crippen LogP contribution in [-0.2, 0) is 12.8 Å². The van der Waals surface area contributed by atoms with Crippen molar-refractivity contribution in [2.45, 2.75) is 12.8 Å². The maximum Gasteiger partial charge on any atom is 0.162 e. The van der Waals surface area contributed by atoms with E-state index in [2.05, 4.69) is 26.1 Å². The van der Waals surface area contributed by atoms with Gasteiger partial charge in [-0.15, -0.1) is 0 Å². The van der Waals surface area contributed by atoms with Gasteiger partial charge in [-0.25, -0.2) is 9.38 Å². The van der Waals surface area contributed by atoms with E-state index in [-0.39, 0.29) is 10.3 Å². The van der Waals surface area contributed by atoms with E-state index in [0.717, 1.165) is 16.2 Å². The van der Waals surface area contributed by atoms with Crippen molar-refractivity contribution in [3.8, 4) is 5.75 Å². The van der Waals surface area contributed by atoms with E-state index < -0.39 is 5.82 Å². The van der Waals surface area contributed by atoms with Crippen LogP contribution in [-0.4, -0.2) is 28.2 Å². The van der Waals surface area contributed by atoms with Gasteiger partial charge in [-0.05, 0) is 51.8 Å². The lowest BCUT2D eigenvalue weighted by molar-refractivity contribution is 0.235. The molecule has 0 amide bonds. The molecule has 0 unspecified atom stereocenters. The number of ether oxygens (including phenoxy) is 1. The highest BCUT2D eigenvalue weighted by Gasteiger charge is 2.16. The van der Waals surface area contributed by atoms with Gasteiger partial charge in [0.05, 0.1) is 28.5 Å². The molecular formula is C20H17BrFN3O3S. The topological polar surface area (TPSA) is 79.9 Å². The molecule has 0 saturated heterocycles. The number of halogens is 2. The molecule has 0 fully saturated rings. The Labute approximate surface area is 180 Å². The normalized spacial score (nSPS) is 11.4. The third-order valence-corrected chi connectivity index (χ3v) is 4.97. The number of hydrogen-bond donors (Lipinski definition) is 2. The predicted octanol–water partition coefficient (Wildman–Crippen LogP) is 4.80. The molecule has 150 valence electrons. The van der Waals surface area contributed by atoms with Crippen LogP contribution in [0.15, 0.2) is 62.7 Å². The summed E-state index contributed by atoms with van der Waals surface area (Å²) in [5, 5.41) is 13.5. The lowest BCUT2D eigenvalue weighted by atomic mass is 10.0. The first-order valence-corrected chi connectivity index (χ1v) is 9.72. The van der Waals surface area contributed by atoms with Gasteiger partial charge in [0.2, 0.25) is 0 Å². The second-order valence-electron chi connectivity index (χ2n) is 6.09. The van der Waals surface area contributed by atoms with Crippen molar-refractivity contribution in [1.82, 2.24) is 10.6 Å². The number of hydrogen-bond acceptors (Lipinski definition) is 6. The number of amidine groups is 1. The Hall–Kier alpha value is -2.62. The number of thiocarbonyl (C=S) groups is 1. The summed E-state index contributed by atoms with van der Waals surface area (Å²) in [6.45, 7) is 0. The van der Waals surface area contributed by atoms with Crippen molar-refractivity contribution in [2.24, 2.45) is 4.99 Å². The number of hydroxylamine groups is 1. The Bertz CT molecular complexity index is 1040.